The minimum absolute atomic E-state index is 0.274. The van der Waals surface area contributed by atoms with Crippen LogP contribution in [0.25, 0.3) is 11.1 Å². The fourth-order valence-corrected chi connectivity index (χ4v) is 4.77. The van der Waals surface area contributed by atoms with Crippen LogP contribution in [0.2, 0.25) is 0 Å². The molecule has 0 saturated heterocycles. The Hall–Kier alpha value is -2.49. The van der Waals surface area contributed by atoms with Crippen LogP contribution in [-0.2, 0) is 0 Å². The maximum Gasteiger partial charge on any atom is 0.336 e. The van der Waals surface area contributed by atoms with Gasteiger partial charge in [0.2, 0.25) is 0 Å². The van der Waals surface area contributed by atoms with E-state index in [-0.39, 0.29) is 5.56 Å². The number of ether oxygens (including phenoxy) is 2. The predicted octanol–water partition coefficient (Wildman–Crippen LogP) is 7.61. The molecule has 0 bridgehead atoms. The quantitative estimate of drug-likeness (QED) is 0.347. The van der Waals surface area contributed by atoms with Crippen LogP contribution < -0.4 is 9.47 Å². The zero-order chi connectivity index (χ0) is 22.8. The van der Waals surface area contributed by atoms with Crippen LogP contribution in [0, 0.1) is 11.8 Å². The van der Waals surface area contributed by atoms with Gasteiger partial charge in [0.25, 0.3) is 0 Å². The number of carboxylic acids is 1. The number of aromatic carboxylic acids is 1. The number of carbonyl (C=O) groups is 1. The fourth-order valence-electron chi connectivity index (χ4n) is 4.77. The second kappa shape index (κ2) is 12.5. The van der Waals surface area contributed by atoms with Crippen LogP contribution in [0.1, 0.15) is 82.0 Å². The molecule has 0 radical (unpaired) electrons. The molecule has 0 atom stereocenters. The van der Waals surface area contributed by atoms with Gasteiger partial charge in [0.15, 0.2) is 0 Å². The molecule has 4 nitrogen and oxygen atoms in total. The number of hydrogen-bond acceptors (Lipinski definition) is 3. The van der Waals surface area contributed by atoms with Crippen molar-refractivity contribution in [1.29, 1.82) is 0 Å². The molecule has 32 heavy (non-hydrogen) atoms. The first kappa shape index (κ1) is 24.2. The summed E-state index contributed by atoms with van der Waals surface area (Å²) in [6.07, 6.45) is 11.5. The van der Waals surface area contributed by atoms with Gasteiger partial charge < -0.3 is 14.6 Å². The normalized spacial score (nSPS) is 18.3. The average Bonchev–Trinajstić information content (AvgIpc) is 2.82. The van der Waals surface area contributed by atoms with E-state index in [9.17, 15) is 9.90 Å². The number of rotatable bonds is 12. The second-order valence-corrected chi connectivity index (χ2v) is 9.05. The molecule has 1 N–H and O–H groups in total. The summed E-state index contributed by atoms with van der Waals surface area (Å²) in [6, 6.07) is 12.8. The summed E-state index contributed by atoms with van der Waals surface area (Å²) >= 11 is 0. The maximum absolute atomic E-state index is 11.7. The van der Waals surface area contributed by atoms with Crippen molar-refractivity contribution in [3.05, 3.63) is 48.0 Å². The standard InChI is InChI=1S/C28H38O4/c1-3-6-21-8-10-22(11-9-21)7-5-19-32-24-14-12-23(13-15-24)27-20-25(31-18-4-2)16-17-26(27)28(29)30/h12-17,20-22H,3-11,18-19H2,1-2H3,(H,29,30). The lowest BCUT2D eigenvalue weighted by molar-refractivity contribution is 0.0697. The van der Waals surface area contributed by atoms with Gasteiger partial charge in [0.1, 0.15) is 11.5 Å². The van der Waals surface area contributed by atoms with Gasteiger partial charge in [-0.3, -0.25) is 0 Å². The summed E-state index contributed by atoms with van der Waals surface area (Å²) < 4.78 is 11.7. The van der Waals surface area contributed by atoms with Crippen LogP contribution in [0.4, 0.5) is 0 Å². The second-order valence-electron chi connectivity index (χ2n) is 9.05. The molecule has 0 spiro atoms. The van der Waals surface area contributed by atoms with E-state index in [2.05, 4.69) is 6.92 Å². The first-order valence-electron chi connectivity index (χ1n) is 12.3. The molecule has 1 aliphatic rings. The molecular formula is C28H38O4. The lowest BCUT2D eigenvalue weighted by Crippen LogP contribution is -2.15. The van der Waals surface area contributed by atoms with E-state index in [4.69, 9.17) is 9.47 Å². The maximum atomic E-state index is 11.7. The molecule has 0 unspecified atom stereocenters. The van der Waals surface area contributed by atoms with Crippen molar-refractivity contribution >= 4 is 5.97 Å². The van der Waals surface area contributed by atoms with Gasteiger partial charge in [0.05, 0.1) is 18.8 Å². The van der Waals surface area contributed by atoms with Crippen LogP contribution >= 0.6 is 0 Å². The fraction of sp³-hybridized carbons (Fsp3) is 0.536. The van der Waals surface area contributed by atoms with Crippen LogP contribution in [0.15, 0.2) is 42.5 Å². The van der Waals surface area contributed by atoms with Gasteiger partial charge in [-0.1, -0.05) is 64.5 Å². The van der Waals surface area contributed by atoms with Gasteiger partial charge >= 0.3 is 5.97 Å². The molecule has 0 heterocycles. The third kappa shape index (κ3) is 7.01. The van der Waals surface area contributed by atoms with Crippen molar-refractivity contribution in [2.24, 2.45) is 11.8 Å². The summed E-state index contributed by atoms with van der Waals surface area (Å²) in [5, 5.41) is 9.57. The third-order valence-electron chi connectivity index (χ3n) is 6.55. The van der Waals surface area contributed by atoms with E-state index in [1.165, 1.54) is 44.9 Å². The average molecular weight is 439 g/mol. The SMILES string of the molecule is CCCOc1ccc(C(=O)O)c(-c2ccc(OCCCC3CCC(CCC)CC3)cc2)c1. The Balaban J connectivity index is 1.51. The number of carboxylic acid groups (broad SMARTS) is 1. The van der Waals surface area contributed by atoms with E-state index in [1.54, 1.807) is 12.1 Å². The van der Waals surface area contributed by atoms with Crippen molar-refractivity contribution in [3.8, 4) is 22.6 Å². The number of hydrogen-bond donors (Lipinski definition) is 1. The molecule has 0 aromatic heterocycles. The van der Waals surface area contributed by atoms with Gasteiger partial charge in [-0.05, 0) is 72.6 Å². The highest BCUT2D eigenvalue weighted by molar-refractivity contribution is 5.96. The van der Waals surface area contributed by atoms with E-state index in [1.807, 2.05) is 37.3 Å². The van der Waals surface area contributed by atoms with Gasteiger partial charge in [-0.2, -0.15) is 0 Å². The highest BCUT2D eigenvalue weighted by Gasteiger charge is 2.20. The van der Waals surface area contributed by atoms with Gasteiger partial charge in [0, 0.05) is 0 Å². The molecule has 2 aromatic rings. The van der Waals surface area contributed by atoms with Crippen molar-refractivity contribution < 1.29 is 19.4 Å². The Kier molecular flexibility index (Phi) is 9.45. The topological polar surface area (TPSA) is 55.8 Å². The molecule has 0 aliphatic heterocycles. The minimum Gasteiger partial charge on any atom is -0.494 e. The monoisotopic (exact) mass is 438 g/mol. The van der Waals surface area contributed by atoms with Crippen molar-refractivity contribution in [2.75, 3.05) is 13.2 Å². The first-order chi connectivity index (χ1) is 15.6. The highest BCUT2D eigenvalue weighted by atomic mass is 16.5. The molecule has 1 fully saturated rings. The smallest absolute Gasteiger partial charge is 0.336 e. The summed E-state index contributed by atoms with van der Waals surface area (Å²) in [5.41, 5.74) is 1.79. The van der Waals surface area contributed by atoms with Crippen molar-refractivity contribution in [3.63, 3.8) is 0 Å². The summed E-state index contributed by atoms with van der Waals surface area (Å²) in [6.45, 7) is 5.68. The zero-order valence-electron chi connectivity index (χ0n) is 19.6. The Morgan fingerprint density at radius 2 is 1.47 bits per heavy atom. The molecule has 1 aliphatic carbocycles. The molecule has 174 valence electrons. The predicted molar refractivity (Wildman–Crippen MR) is 130 cm³/mol. The molecule has 2 aromatic carbocycles. The largest absolute Gasteiger partial charge is 0.494 e. The van der Waals surface area contributed by atoms with E-state index < -0.39 is 5.97 Å². The van der Waals surface area contributed by atoms with Gasteiger partial charge in [-0.25, -0.2) is 4.79 Å². The van der Waals surface area contributed by atoms with E-state index in [0.29, 0.717) is 17.9 Å². The van der Waals surface area contributed by atoms with Crippen LogP contribution in [-0.4, -0.2) is 24.3 Å². The Bertz CT molecular complexity index is 835. The Morgan fingerprint density at radius 1 is 0.844 bits per heavy atom. The van der Waals surface area contributed by atoms with E-state index >= 15 is 0 Å². The summed E-state index contributed by atoms with van der Waals surface area (Å²) in [4.78, 5) is 11.7. The minimum atomic E-state index is -0.939. The molecule has 3 rings (SSSR count). The highest BCUT2D eigenvalue weighted by Crippen LogP contribution is 2.34. The first-order valence-corrected chi connectivity index (χ1v) is 12.3. The lowest BCUT2D eigenvalue weighted by Gasteiger charge is -2.28. The molecule has 1 saturated carbocycles. The molecule has 0 amide bonds. The van der Waals surface area contributed by atoms with E-state index in [0.717, 1.165) is 42.6 Å². The van der Waals surface area contributed by atoms with Crippen LogP contribution in [0.3, 0.4) is 0 Å². The Morgan fingerprint density at radius 3 is 2.09 bits per heavy atom. The summed E-state index contributed by atoms with van der Waals surface area (Å²) in [5.74, 6) is 2.41. The Labute approximate surface area is 193 Å². The number of benzene rings is 2. The summed E-state index contributed by atoms with van der Waals surface area (Å²) in [7, 11) is 0. The van der Waals surface area contributed by atoms with Crippen molar-refractivity contribution in [2.45, 2.75) is 71.6 Å². The third-order valence-corrected chi connectivity index (χ3v) is 6.55. The lowest BCUT2D eigenvalue weighted by atomic mass is 9.78. The van der Waals surface area contributed by atoms with Crippen LogP contribution in [0.5, 0.6) is 11.5 Å². The molecule has 4 heteroatoms. The zero-order valence-corrected chi connectivity index (χ0v) is 19.6. The van der Waals surface area contributed by atoms with Crippen molar-refractivity contribution in [1.82, 2.24) is 0 Å². The molecular weight excluding hydrogens is 400 g/mol. The van der Waals surface area contributed by atoms with Gasteiger partial charge in [-0.15, -0.1) is 0 Å².